The molecule has 3 heterocycles. The highest BCUT2D eigenvalue weighted by atomic mass is 16.5. The molecular formula is C21H26N2O2. The van der Waals surface area contributed by atoms with Gasteiger partial charge in [-0.3, -0.25) is 9.69 Å². The summed E-state index contributed by atoms with van der Waals surface area (Å²) in [4.78, 5) is 15.7. The van der Waals surface area contributed by atoms with E-state index in [-0.39, 0.29) is 22.8 Å². The van der Waals surface area contributed by atoms with Gasteiger partial charge in [-0.15, -0.1) is 0 Å². The summed E-state index contributed by atoms with van der Waals surface area (Å²) >= 11 is 0. The van der Waals surface area contributed by atoms with Gasteiger partial charge >= 0.3 is 5.97 Å². The van der Waals surface area contributed by atoms with Gasteiger partial charge in [-0.2, -0.15) is 0 Å². The fraction of sp³-hybridized carbons (Fsp3) is 0.667. The van der Waals surface area contributed by atoms with E-state index in [9.17, 15) is 4.79 Å². The van der Waals surface area contributed by atoms with E-state index in [1.54, 1.807) is 7.11 Å². The number of esters is 1. The topological polar surface area (TPSA) is 41.6 Å². The van der Waals surface area contributed by atoms with Crippen LogP contribution in [0, 0.1) is 11.3 Å². The zero-order valence-electron chi connectivity index (χ0n) is 14.9. The van der Waals surface area contributed by atoms with Gasteiger partial charge in [0.15, 0.2) is 0 Å². The van der Waals surface area contributed by atoms with Crippen LogP contribution in [0.25, 0.3) is 0 Å². The molecule has 25 heavy (non-hydrogen) atoms. The van der Waals surface area contributed by atoms with Gasteiger partial charge in [-0.25, -0.2) is 0 Å². The number of piperidine rings is 1. The van der Waals surface area contributed by atoms with Crippen molar-refractivity contribution in [3.63, 3.8) is 0 Å². The second-order valence-corrected chi connectivity index (χ2v) is 9.05. The van der Waals surface area contributed by atoms with Crippen LogP contribution in [0.1, 0.15) is 44.1 Å². The summed E-state index contributed by atoms with van der Waals surface area (Å²) in [7, 11) is 1.56. The molecule has 1 N–H and O–H groups in total. The number of hydrogen-bond acceptors (Lipinski definition) is 4. The SMILES string of the molecule is COC(=O)[C@@H]1C[C@@]23CCCN4CC[C@@]5(c6ccccc6N[C@]15CC2)[C@H]43. The third-order valence-corrected chi connectivity index (χ3v) is 8.60. The third kappa shape index (κ3) is 1.38. The van der Waals surface area contributed by atoms with Crippen molar-refractivity contribution < 1.29 is 9.53 Å². The molecule has 0 amide bonds. The first-order valence-corrected chi connectivity index (χ1v) is 9.87. The van der Waals surface area contributed by atoms with Crippen LogP contribution >= 0.6 is 0 Å². The molecule has 0 radical (unpaired) electrons. The maximum absolute atomic E-state index is 12.9. The summed E-state index contributed by atoms with van der Waals surface area (Å²) in [5.74, 6) is -0.0193. The van der Waals surface area contributed by atoms with Crippen LogP contribution in [-0.2, 0) is 14.9 Å². The normalized spacial score (nSPS) is 46.1. The minimum absolute atomic E-state index is 0.00114. The zero-order chi connectivity index (χ0) is 16.9. The second-order valence-electron chi connectivity index (χ2n) is 9.05. The first-order chi connectivity index (χ1) is 12.2. The van der Waals surface area contributed by atoms with Gasteiger partial charge in [0.1, 0.15) is 0 Å². The highest BCUT2D eigenvalue weighted by molar-refractivity contribution is 5.80. The van der Waals surface area contributed by atoms with E-state index in [4.69, 9.17) is 4.74 Å². The Kier molecular flexibility index (Phi) is 2.57. The monoisotopic (exact) mass is 338 g/mol. The van der Waals surface area contributed by atoms with Gasteiger partial charge in [0.25, 0.3) is 0 Å². The van der Waals surface area contributed by atoms with Crippen LogP contribution in [0.2, 0.25) is 0 Å². The lowest BCUT2D eigenvalue weighted by atomic mass is 9.39. The molecular weight excluding hydrogens is 312 g/mol. The zero-order valence-corrected chi connectivity index (χ0v) is 14.9. The number of nitrogens with one attached hydrogen (secondary N) is 1. The number of methoxy groups -OCH3 is 1. The van der Waals surface area contributed by atoms with Gasteiger partial charge in [0, 0.05) is 17.1 Å². The van der Waals surface area contributed by atoms with Crippen LogP contribution in [0.15, 0.2) is 24.3 Å². The molecule has 2 bridgehead atoms. The van der Waals surface area contributed by atoms with Crippen molar-refractivity contribution in [2.75, 3.05) is 25.5 Å². The highest BCUT2D eigenvalue weighted by Crippen LogP contribution is 2.74. The van der Waals surface area contributed by atoms with Gasteiger partial charge in [0.05, 0.1) is 18.6 Å². The van der Waals surface area contributed by atoms with E-state index < -0.39 is 0 Å². The van der Waals surface area contributed by atoms with Crippen LogP contribution in [-0.4, -0.2) is 42.6 Å². The molecule has 3 aliphatic carbocycles. The molecule has 3 saturated carbocycles. The van der Waals surface area contributed by atoms with E-state index >= 15 is 0 Å². The van der Waals surface area contributed by atoms with Crippen LogP contribution in [0.3, 0.4) is 0 Å². The lowest BCUT2D eigenvalue weighted by Gasteiger charge is -2.69. The van der Waals surface area contributed by atoms with Crippen molar-refractivity contribution in [1.29, 1.82) is 0 Å². The van der Waals surface area contributed by atoms with Gasteiger partial charge < -0.3 is 10.1 Å². The number of ether oxygens (including phenoxy) is 1. The number of carbonyl (C=O) groups is 1. The average molecular weight is 338 g/mol. The van der Waals surface area contributed by atoms with Gasteiger partial charge in [0.2, 0.25) is 0 Å². The molecule has 4 heteroatoms. The summed E-state index contributed by atoms with van der Waals surface area (Å²) < 4.78 is 5.33. The highest BCUT2D eigenvalue weighted by Gasteiger charge is 2.78. The number of rotatable bonds is 1. The molecule has 1 aromatic carbocycles. The Morgan fingerprint density at radius 2 is 2.08 bits per heavy atom. The van der Waals surface area contributed by atoms with Crippen molar-refractivity contribution in [1.82, 2.24) is 4.90 Å². The number of anilines is 1. The maximum atomic E-state index is 12.9. The summed E-state index contributed by atoms with van der Waals surface area (Å²) in [6.07, 6.45) is 7.10. The third-order valence-electron chi connectivity index (χ3n) is 8.60. The molecule has 3 spiro atoms. The quantitative estimate of drug-likeness (QED) is 0.800. The average Bonchev–Trinajstić information content (AvgIpc) is 3.19. The van der Waals surface area contributed by atoms with Gasteiger partial charge in [-0.1, -0.05) is 18.2 Å². The Hall–Kier alpha value is -1.55. The summed E-state index contributed by atoms with van der Waals surface area (Å²) in [5, 5.41) is 3.92. The largest absolute Gasteiger partial charge is 0.469 e. The number of nitrogens with zero attached hydrogens (tertiary/aromatic N) is 1. The van der Waals surface area contributed by atoms with E-state index in [1.165, 1.54) is 50.0 Å². The lowest BCUT2D eigenvalue weighted by molar-refractivity contribution is -0.171. The Balaban J connectivity index is 1.65. The Morgan fingerprint density at radius 3 is 2.96 bits per heavy atom. The molecule has 5 atom stereocenters. The first-order valence-electron chi connectivity index (χ1n) is 9.87. The summed E-state index contributed by atoms with van der Waals surface area (Å²) in [5.41, 5.74) is 2.97. The molecule has 7 rings (SSSR count). The van der Waals surface area contributed by atoms with Crippen molar-refractivity contribution in [2.24, 2.45) is 11.3 Å². The van der Waals surface area contributed by atoms with Crippen LogP contribution in [0.5, 0.6) is 0 Å². The number of benzene rings is 1. The predicted molar refractivity (Wildman–Crippen MR) is 95.5 cm³/mol. The van der Waals surface area contributed by atoms with Crippen molar-refractivity contribution in [3.05, 3.63) is 29.8 Å². The second kappa shape index (κ2) is 4.40. The molecule has 3 aliphatic heterocycles. The number of carbonyl (C=O) groups excluding carboxylic acids is 1. The summed E-state index contributed by atoms with van der Waals surface area (Å²) in [6.45, 7) is 2.41. The molecule has 4 nitrogen and oxygen atoms in total. The fourth-order valence-electron chi connectivity index (χ4n) is 8.03. The number of fused-ring (bicyclic) bond motifs is 3. The molecule has 6 aliphatic rings. The Labute approximate surface area is 148 Å². The van der Waals surface area contributed by atoms with Crippen molar-refractivity contribution in [3.8, 4) is 0 Å². The van der Waals surface area contributed by atoms with Gasteiger partial charge in [-0.05, 0) is 68.7 Å². The minimum Gasteiger partial charge on any atom is -0.469 e. The number of para-hydroxylation sites is 1. The van der Waals surface area contributed by atoms with Crippen LogP contribution in [0.4, 0.5) is 5.69 Å². The molecule has 0 unspecified atom stereocenters. The molecule has 1 aromatic rings. The molecule has 5 fully saturated rings. The maximum Gasteiger partial charge on any atom is 0.311 e. The fourth-order valence-corrected chi connectivity index (χ4v) is 8.03. The Bertz CT molecular complexity index is 779. The van der Waals surface area contributed by atoms with E-state index in [0.717, 1.165) is 12.8 Å². The molecule has 0 aromatic heterocycles. The predicted octanol–water partition coefficient (Wildman–Crippen LogP) is 2.93. The Morgan fingerprint density at radius 1 is 1.20 bits per heavy atom. The number of hydrogen-bond donors (Lipinski definition) is 1. The van der Waals surface area contributed by atoms with Crippen molar-refractivity contribution >= 4 is 11.7 Å². The molecule has 132 valence electrons. The lowest BCUT2D eigenvalue weighted by Crippen LogP contribution is -2.76. The van der Waals surface area contributed by atoms with Crippen LogP contribution < -0.4 is 5.32 Å². The standard InChI is InChI=1S/C21H26N2O2/c1-25-17(24)15-13-19-7-4-11-23-12-10-20(18(19)23)14-5-2-3-6-16(14)22-21(15,20)9-8-19/h2-3,5-6,15,18,22H,4,7-13H2,1H3/t15-,18+,19+,20+,21+/m0/s1. The van der Waals surface area contributed by atoms with E-state index in [1.807, 2.05) is 0 Å². The van der Waals surface area contributed by atoms with E-state index in [0.29, 0.717) is 11.5 Å². The summed E-state index contributed by atoms with van der Waals surface area (Å²) in [6, 6.07) is 9.45. The van der Waals surface area contributed by atoms with E-state index in [2.05, 4.69) is 34.5 Å². The smallest absolute Gasteiger partial charge is 0.311 e. The molecule has 2 saturated heterocycles. The van der Waals surface area contributed by atoms with Crippen molar-refractivity contribution in [2.45, 2.75) is 55.5 Å². The minimum atomic E-state index is -0.151. The first kappa shape index (κ1) is 14.6.